The smallest absolute Gasteiger partial charge is 0.151 e. The molecule has 0 amide bonds. The number of nitrogens with one attached hydrogen (secondary N) is 1. The van der Waals surface area contributed by atoms with Gasteiger partial charge in [0.25, 0.3) is 0 Å². The Kier molecular flexibility index (Phi) is 3.26. The molecule has 0 fully saturated rings. The van der Waals surface area contributed by atoms with Gasteiger partial charge >= 0.3 is 0 Å². The summed E-state index contributed by atoms with van der Waals surface area (Å²) in [5, 5.41) is 12.9. The Labute approximate surface area is 123 Å². The summed E-state index contributed by atoms with van der Waals surface area (Å²) in [4.78, 5) is 0. The summed E-state index contributed by atoms with van der Waals surface area (Å²) >= 11 is 0. The molecule has 0 aromatic heterocycles. The van der Waals surface area contributed by atoms with Gasteiger partial charge in [0.1, 0.15) is 11.6 Å². The van der Waals surface area contributed by atoms with Crippen LogP contribution in [0.25, 0.3) is 0 Å². The van der Waals surface area contributed by atoms with E-state index in [4.69, 9.17) is 4.74 Å². The molecule has 1 unspecified atom stereocenters. The quantitative estimate of drug-likeness (QED) is 0.935. The summed E-state index contributed by atoms with van der Waals surface area (Å²) < 4.78 is 18.6. The number of benzene rings is 2. The monoisotopic (exact) mass is 282 g/mol. The van der Waals surface area contributed by atoms with E-state index in [1.165, 1.54) is 12.1 Å². The molecule has 21 heavy (non-hydrogen) atoms. The Morgan fingerprint density at radius 1 is 1.29 bits per heavy atom. The molecule has 1 aliphatic carbocycles. The van der Waals surface area contributed by atoms with Crippen molar-refractivity contribution in [3.8, 4) is 11.8 Å². The van der Waals surface area contributed by atoms with Crippen LogP contribution < -0.4 is 10.1 Å². The predicted octanol–water partition coefficient (Wildman–Crippen LogP) is 3.61. The van der Waals surface area contributed by atoms with Gasteiger partial charge in [-0.2, -0.15) is 5.26 Å². The zero-order valence-corrected chi connectivity index (χ0v) is 11.7. The van der Waals surface area contributed by atoms with Crippen molar-refractivity contribution in [2.75, 3.05) is 12.4 Å². The minimum Gasteiger partial charge on any atom is -0.497 e. The topological polar surface area (TPSA) is 45.0 Å². The van der Waals surface area contributed by atoms with Crippen LogP contribution in [0.2, 0.25) is 0 Å². The average molecular weight is 282 g/mol. The van der Waals surface area contributed by atoms with E-state index in [0.29, 0.717) is 12.1 Å². The molecule has 3 nitrogen and oxygen atoms in total. The van der Waals surface area contributed by atoms with Crippen molar-refractivity contribution in [1.82, 2.24) is 0 Å². The van der Waals surface area contributed by atoms with Crippen molar-refractivity contribution in [3.63, 3.8) is 0 Å². The molecule has 2 aromatic carbocycles. The van der Waals surface area contributed by atoms with Crippen molar-refractivity contribution in [1.29, 1.82) is 5.26 Å². The van der Waals surface area contributed by atoms with Crippen LogP contribution in [0.4, 0.5) is 10.1 Å². The lowest BCUT2D eigenvalue weighted by molar-refractivity contribution is 0.413. The molecule has 1 N–H and O–H groups in total. The summed E-state index contributed by atoms with van der Waals surface area (Å²) in [6, 6.07) is 14.3. The lowest BCUT2D eigenvalue weighted by Crippen LogP contribution is -2.31. The molecule has 0 saturated carbocycles. The Balaban J connectivity index is 2.02. The maximum atomic E-state index is 13.3. The number of fused-ring (bicyclic) bond motifs is 1. The maximum Gasteiger partial charge on any atom is 0.151 e. The molecule has 0 heterocycles. The van der Waals surface area contributed by atoms with Gasteiger partial charge in [0.05, 0.1) is 13.2 Å². The first-order chi connectivity index (χ1) is 10.2. The van der Waals surface area contributed by atoms with Gasteiger partial charge in [-0.1, -0.05) is 12.1 Å². The van der Waals surface area contributed by atoms with Gasteiger partial charge in [-0.05, 0) is 54.3 Å². The second-order valence-electron chi connectivity index (χ2n) is 5.18. The van der Waals surface area contributed by atoms with Crippen LogP contribution in [0.3, 0.4) is 0 Å². The zero-order valence-electron chi connectivity index (χ0n) is 11.7. The SMILES string of the molecule is COc1ccc2c(c1)C(C#N)(Nc1cccc(F)c1)CC2. The number of aryl methyl sites for hydroxylation is 1. The molecule has 3 rings (SSSR count). The highest BCUT2D eigenvalue weighted by Crippen LogP contribution is 2.40. The Morgan fingerprint density at radius 2 is 2.14 bits per heavy atom. The van der Waals surface area contributed by atoms with E-state index in [-0.39, 0.29) is 5.82 Å². The molecule has 2 aromatic rings. The van der Waals surface area contributed by atoms with Gasteiger partial charge in [0.15, 0.2) is 5.54 Å². The highest BCUT2D eigenvalue weighted by molar-refractivity contribution is 5.56. The van der Waals surface area contributed by atoms with Crippen molar-refractivity contribution >= 4 is 5.69 Å². The molecule has 0 aliphatic heterocycles. The van der Waals surface area contributed by atoms with Gasteiger partial charge in [0.2, 0.25) is 0 Å². The highest BCUT2D eigenvalue weighted by Gasteiger charge is 2.39. The molecule has 0 saturated heterocycles. The van der Waals surface area contributed by atoms with Crippen molar-refractivity contribution < 1.29 is 9.13 Å². The molecule has 0 spiro atoms. The van der Waals surface area contributed by atoms with Crippen LogP contribution in [-0.2, 0) is 12.0 Å². The molecule has 0 radical (unpaired) electrons. The van der Waals surface area contributed by atoms with E-state index in [9.17, 15) is 9.65 Å². The molecule has 1 atom stereocenters. The second kappa shape index (κ2) is 5.10. The Morgan fingerprint density at radius 3 is 2.86 bits per heavy atom. The van der Waals surface area contributed by atoms with Crippen molar-refractivity contribution in [2.24, 2.45) is 0 Å². The Bertz CT molecular complexity index is 723. The third-order valence-corrected chi connectivity index (χ3v) is 3.92. The number of halogens is 1. The normalized spacial score (nSPS) is 19.7. The summed E-state index contributed by atoms with van der Waals surface area (Å²) in [6.07, 6.45) is 1.47. The number of nitriles is 1. The molecular weight excluding hydrogens is 267 g/mol. The lowest BCUT2D eigenvalue weighted by atomic mass is 9.92. The Hall–Kier alpha value is -2.54. The first-order valence-electron chi connectivity index (χ1n) is 6.79. The summed E-state index contributed by atoms with van der Waals surface area (Å²) in [5.74, 6) is 0.397. The summed E-state index contributed by atoms with van der Waals surface area (Å²) in [6.45, 7) is 0. The van der Waals surface area contributed by atoms with Crippen LogP contribution in [0.1, 0.15) is 17.5 Å². The molecule has 4 heteroatoms. The van der Waals surface area contributed by atoms with E-state index >= 15 is 0 Å². The van der Waals surface area contributed by atoms with Gasteiger partial charge < -0.3 is 10.1 Å². The molecule has 0 bridgehead atoms. The third-order valence-electron chi connectivity index (χ3n) is 3.92. The van der Waals surface area contributed by atoms with E-state index in [1.807, 2.05) is 18.2 Å². The number of anilines is 1. The summed E-state index contributed by atoms with van der Waals surface area (Å²) in [7, 11) is 1.60. The lowest BCUT2D eigenvalue weighted by Gasteiger charge is -2.25. The summed E-state index contributed by atoms with van der Waals surface area (Å²) in [5.41, 5.74) is 1.81. The number of methoxy groups -OCH3 is 1. The maximum absolute atomic E-state index is 13.3. The van der Waals surface area contributed by atoms with E-state index < -0.39 is 5.54 Å². The second-order valence-corrected chi connectivity index (χ2v) is 5.18. The van der Waals surface area contributed by atoms with Gasteiger partial charge in [-0.3, -0.25) is 0 Å². The molecule has 106 valence electrons. The van der Waals surface area contributed by atoms with Gasteiger partial charge in [0, 0.05) is 5.69 Å². The van der Waals surface area contributed by atoms with Crippen molar-refractivity contribution in [3.05, 3.63) is 59.4 Å². The molecular formula is C17H15FN2O. The van der Waals surface area contributed by atoms with Crippen molar-refractivity contribution in [2.45, 2.75) is 18.4 Å². The number of ether oxygens (including phenoxy) is 1. The predicted molar refractivity (Wildman–Crippen MR) is 78.6 cm³/mol. The number of rotatable bonds is 3. The molecule has 1 aliphatic rings. The average Bonchev–Trinajstić information content (AvgIpc) is 2.86. The minimum atomic E-state index is -0.836. The van der Waals surface area contributed by atoms with E-state index in [2.05, 4.69) is 11.4 Å². The zero-order chi connectivity index (χ0) is 14.9. The fourth-order valence-corrected chi connectivity index (χ4v) is 2.84. The standard InChI is InChI=1S/C17H15FN2O/c1-21-15-6-5-12-7-8-17(11-19,16(12)10-15)20-14-4-2-3-13(18)9-14/h2-6,9-10,20H,7-8H2,1H3. The highest BCUT2D eigenvalue weighted by atomic mass is 19.1. The third kappa shape index (κ3) is 2.31. The van der Waals surface area contributed by atoms with E-state index in [0.717, 1.165) is 23.3 Å². The number of hydrogen-bond acceptors (Lipinski definition) is 3. The number of hydrogen-bond donors (Lipinski definition) is 1. The van der Waals surface area contributed by atoms with Crippen LogP contribution in [0.5, 0.6) is 5.75 Å². The van der Waals surface area contributed by atoms with Crippen LogP contribution in [0.15, 0.2) is 42.5 Å². The van der Waals surface area contributed by atoms with Crippen LogP contribution >= 0.6 is 0 Å². The van der Waals surface area contributed by atoms with Gasteiger partial charge in [-0.25, -0.2) is 4.39 Å². The fourth-order valence-electron chi connectivity index (χ4n) is 2.84. The van der Waals surface area contributed by atoms with E-state index in [1.54, 1.807) is 19.2 Å². The number of nitrogens with zero attached hydrogens (tertiary/aromatic N) is 1. The fraction of sp³-hybridized carbons (Fsp3) is 0.235. The minimum absolute atomic E-state index is 0.322. The van der Waals surface area contributed by atoms with Crippen LogP contribution in [0, 0.1) is 17.1 Å². The van der Waals surface area contributed by atoms with Gasteiger partial charge in [-0.15, -0.1) is 0 Å². The first-order valence-corrected chi connectivity index (χ1v) is 6.79. The largest absolute Gasteiger partial charge is 0.497 e. The first kappa shape index (κ1) is 13.4. The van der Waals surface area contributed by atoms with Crippen LogP contribution in [-0.4, -0.2) is 7.11 Å².